The van der Waals surface area contributed by atoms with Crippen LogP contribution >= 0.6 is 0 Å². The molecular weight excluding hydrogens is 390 g/mol. The van der Waals surface area contributed by atoms with Crippen molar-refractivity contribution in [2.75, 3.05) is 31.5 Å². The number of likely N-dealkylation sites (tertiary alicyclic amines) is 1. The average Bonchev–Trinajstić information content (AvgIpc) is 2.75. The molecule has 1 aliphatic rings. The summed E-state index contributed by atoms with van der Waals surface area (Å²) in [6.45, 7) is 7.96. The van der Waals surface area contributed by atoms with E-state index in [4.69, 9.17) is 0 Å². The van der Waals surface area contributed by atoms with E-state index in [1.807, 2.05) is 6.92 Å². The van der Waals surface area contributed by atoms with Crippen molar-refractivity contribution in [3.8, 4) is 5.75 Å². The molecular formula is C24H33N5O2. The van der Waals surface area contributed by atoms with Gasteiger partial charge in [0.2, 0.25) is 5.91 Å². The molecule has 0 radical (unpaired) electrons. The fourth-order valence-corrected chi connectivity index (χ4v) is 3.71. The minimum absolute atomic E-state index is 0.0302. The molecule has 1 heterocycles. The van der Waals surface area contributed by atoms with Crippen LogP contribution in [0.25, 0.3) is 0 Å². The normalized spacial score (nSPS) is 15.5. The van der Waals surface area contributed by atoms with E-state index in [0.29, 0.717) is 17.7 Å². The zero-order valence-corrected chi connectivity index (χ0v) is 18.4. The summed E-state index contributed by atoms with van der Waals surface area (Å²) in [5, 5.41) is 18.8. The summed E-state index contributed by atoms with van der Waals surface area (Å²) in [5.41, 5.74) is 3.30. The molecule has 1 amide bonds. The van der Waals surface area contributed by atoms with Gasteiger partial charge in [0.15, 0.2) is 5.96 Å². The molecule has 1 fully saturated rings. The maximum atomic E-state index is 12.2. The van der Waals surface area contributed by atoms with Crippen molar-refractivity contribution in [2.45, 2.75) is 39.3 Å². The molecule has 4 N–H and O–H groups in total. The summed E-state index contributed by atoms with van der Waals surface area (Å²) in [7, 11) is 0. The molecule has 0 bridgehead atoms. The predicted octanol–water partition coefficient (Wildman–Crippen LogP) is 2.86. The molecule has 7 nitrogen and oxygen atoms in total. The topological polar surface area (TPSA) is 89.0 Å². The largest absolute Gasteiger partial charge is 0.508 e. The first-order chi connectivity index (χ1) is 15.0. The SMILES string of the molecule is CCNC(=NCC(=O)Nc1ccc(O)cc1)NC1CCN(Cc2cccc(C)c2)CC1. The van der Waals surface area contributed by atoms with Crippen molar-refractivity contribution in [3.05, 3.63) is 59.7 Å². The third-order valence-electron chi connectivity index (χ3n) is 5.29. The van der Waals surface area contributed by atoms with Crippen LogP contribution in [0.3, 0.4) is 0 Å². The number of guanidine groups is 1. The molecule has 0 unspecified atom stereocenters. The number of amides is 1. The molecule has 0 aliphatic carbocycles. The lowest BCUT2D eigenvalue weighted by Gasteiger charge is -2.33. The fraction of sp³-hybridized carbons (Fsp3) is 0.417. The summed E-state index contributed by atoms with van der Waals surface area (Å²) in [6.07, 6.45) is 2.08. The van der Waals surface area contributed by atoms with E-state index in [9.17, 15) is 9.90 Å². The Bertz CT molecular complexity index is 874. The average molecular weight is 424 g/mol. The minimum atomic E-state index is -0.198. The Kier molecular flexibility index (Phi) is 8.29. The van der Waals surface area contributed by atoms with Gasteiger partial charge in [0, 0.05) is 37.9 Å². The Hall–Kier alpha value is -3.06. The molecule has 3 rings (SSSR count). The maximum absolute atomic E-state index is 12.2. The number of benzene rings is 2. The molecule has 31 heavy (non-hydrogen) atoms. The molecule has 0 aromatic heterocycles. The van der Waals surface area contributed by atoms with Gasteiger partial charge in [-0.05, 0) is 56.5 Å². The van der Waals surface area contributed by atoms with Gasteiger partial charge in [-0.1, -0.05) is 29.8 Å². The highest BCUT2D eigenvalue weighted by Crippen LogP contribution is 2.15. The molecule has 7 heteroatoms. The van der Waals surface area contributed by atoms with E-state index in [0.717, 1.165) is 39.0 Å². The van der Waals surface area contributed by atoms with Gasteiger partial charge in [-0.3, -0.25) is 9.69 Å². The van der Waals surface area contributed by atoms with Crippen LogP contribution in [0.2, 0.25) is 0 Å². The molecule has 166 valence electrons. The highest BCUT2D eigenvalue weighted by Gasteiger charge is 2.20. The number of aryl methyl sites for hydroxylation is 1. The molecule has 2 aromatic carbocycles. The van der Waals surface area contributed by atoms with Crippen LogP contribution in [-0.2, 0) is 11.3 Å². The van der Waals surface area contributed by atoms with E-state index >= 15 is 0 Å². The van der Waals surface area contributed by atoms with E-state index < -0.39 is 0 Å². The summed E-state index contributed by atoms with van der Waals surface area (Å²) in [4.78, 5) is 19.1. The number of nitrogens with zero attached hydrogens (tertiary/aromatic N) is 2. The lowest BCUT2D eigenvalue weighted by Crippen LogP contribution is -2.48. The summed E-state index contributed by atoms with van der Waals surface area (Å²) in [5.74, 6) is 0.635. The van der Waals surface area contributed by atoms with Crippen molar-refractivity contribution >= 4 is 17.6 Å². The van der Waals surface area contributed by atoms with Crippen molar-refractivity contribution < 1.29 is 9.90 Å². The number of aliphatic imine (C=N–C) groups is 1. The number of phenols is 1. The standard InChI is InChI=1S/C24H33N5O2/c1-3-25-24(26-16-23(31)27-20-7-9-22(30)10-8-20)28-21-11-13-29(14-12-21)17-19-6-4-5-18(2)15-19/h4-10,15,21,30H,3,11-14,16-17H2,1-2H3,(H,27,31)(H2,25,26,28). The Morgan fingerprint density at radius 1 is 1.16 bits per heavy atom. The number of hydrogen-bond donors (Lipinski definition) is 4. The third-order valence-corrected chi connectivity index (χ3v) is 5.29. The number of phenolic OH excluding ortho intramolecular Hbond substituents is 1. The van der Waals surface area contributed by atoms with Crippen LogP contribution < -0.4 is 16.0 Å². The van der Waals surface area contributed by atoms with Gasteiger partial charge in [-0.2, -0.15) is 0 Å². The smallest absolute Gasteiger partial charge is 0.246 e. The zero-order valence-electron chi connectivity index (χ0n) is 18.4. The van der Waals surface area contributed by atoms with Gasteiger partial charge in [-0.15, -0.1) is 0 Å². The number of carbonyl (C=O) groups excluding carboxylic acids is 1. The van der Waals surface area contributed by atoms with Gasteiger partial charge in [-0.25, -0.2) is 4.99 Å². The van der Waals surface area contributed by atoms with E-state index in [-0.39, 0.29) is 18.2 Å². The van der Waals surface area contributed by atoms with Crippen LogP contribution in [0.4, 0.5) is 5.69 Å². The summed E-state index contributed by atoms with van der Waals surface area (Å²) >= 11 is 0. The van der Waals surface area contributed by atoms with Crippen LogP contribution in [0.15, 0.2) is 53.5 Å². The minimum Gasteiger partial charge on any atom is -0.508 e. The highest BCUT2D eigenvalue weighted by atomic mass is 16.3. The predicted molar refractivity (Wildman–Crippen MR) is 125 cm³/mol. The number of carbonyl (C=O) groups is 1. The van der Waals surface area contributed by atoms with Gasteiger partial charge < -0.3 is 21.1 Å². The molecule has 0 saturated carbocycles. The second kappa shape index (κ2) is 11.4. The Balaban J connectivity index is 1.46. The lowest BCUT2D eigenvalue weighted by molar-refractivity contribution is -0.114. The van der Waals surface area contributed by atoms with Gasteiger partial charge >= 0.3 is 0 Å². The summed E-state index contributed by atoms with van der Waals surface area (Å²) < 4.78 is 0. The van der Waals surface area contributed by atoms with E-state index in [2.05, 4.69) is 57.0 Å². The van der Waals surface area contributed by atoms with E-state index in [1.54, 1.807) is 12.1 Å². The lowest BCUT2D eigenvalue weighted by atomic mass is 10.0. The van der Waals surface area contributed by atoms with Gasteiger partial charge in [0.25, 0.3) is 0 Å². The highest BCUT2D eigenvalue weighted by molar-refractivity contribution is 5.94. The Labute approximate surface area is 184 Å². The van der Waals surface area contributed by atoms with Crippen LogP contribution in [0.5, 0.6) is 5.75 Å². The molecule has 0 spiro atoms. The molecule has 1 saturated heterocycles. The second-order valence-electron chi connectivity index (χ2n) is 7.97. The van der Waals surface area contributed by atoms with Gasteiger partial charge in [0.1, 0.15) is 12.3 Å². The van der Waals surface area contributed by atoms with Crippen molar-refractivity contribution in [1.82, 2.24) is 15.5 Å². The van der Waals surface area contributed by atoms with Crippen LogP contribution in [-0.4, -0.2) is 54.1 Å². The number of nitrogens with one attached hydrogen (secondary N) is 3. The number of anilines is 1. The Morgan fingerprint density at radius 2 is 1.90 bits per heavy atom. The first kappa shape index (κ1) is 22.6. The van der Waals surface area contributed by atoms with Crippen molar-refractivity contribution in [1.29, 1.82) is 0 Å². The zero-order chi connectivity index (χ0) is 22.1. The Morgan fingerprint density at radius 3 is 2.58 bits per heavy atom. The number of rotatable bonds is 7. The second-order valence-corrected chi connectivity index (χ2v) is 7.97. The maximum Gasteiger partial charge on any atom is 0.246 e. The third kappa shape index (κ3) is 7.61. The summed E-state index contributed by atoms with van der Waals surface area (Å²) in [6, 6.07) is 15.4. The van der Waals surface area contributed by atoms with Gasteiger partial charge in [0.05, 0.1) is 0 Å². The van der Waals surface area contributed by atoms with Crippen LogP contribution in [0.1, 0.15) is 30.9 Å². The number of piperidine rings is 1. The first-order valence-corrected chi connectivity index (χ1v) is 10.9. The van der Waals surface area contributed by atoms with E-state index in [1.165, 1.54) is 23.3 Å². The number of hydrogen-bond acceptors (Lipinski definition) is 4. The fourth-order valence-electron chi connectivity index (χ4n) is 3.71. The van der Waals surface area contributed by atoms with Crippen molar-refractivity contribution in [3.63, 3.8) is 0 Å². The van der Waals surface area contributed by atoms with Crippen molar-refractivity contribution in [2.24, 2.45) is 4.99 Å². The quantitative estimate of drug-likeness (QED) is 0.312. The molecule has 1 aliphatic heterocycles. The molecule has 2 aromatic rings. The number of aromatic hydroxyl groups is 1. The van der Waals surface area contributed by atoms with Crippen LogP contribution in [0, 0.1) is 6.92 Å². The first-order valence-electron chi connectivity index (χ1n) is 10.9. The monoisotopic (exact) mass is 423 g/mol. The molecule has 0 atom stereocenters.